The fraction of sp³-hybridized carbons (Fsp3) is 0.588. The minimum absolute atomic E-state index is 0.0339. The van der Waals surface area contributed by atoms with E-state index in [1.54, 1.807) is 19.1 Å². The third-order valence-electron chi connectivity index (χ3n) is 4.25. The Morgan fingerprint density at radius 3 is 2.77 bits per heavy atom. The number of rotatable bonds is 6. The summed E-state index contributed by atoms with van der Waals surface area (Å²) in [6, 6.07) is 5.61. The van der Waals surface area contributed by atoms with Gasteiger partial charge in [-0.2, -0.15) is 0 Å². The van der Waals surface area contributed by atoms with Crippen molar-refractivity contribution < 1.29 is 14.3 Å². The maximum atomic E-state index is 13.0. The maximum absolute atomic E-state index is 13.0. The van der Waals surface area contributed by atoms with Gasteiger partial charge in [0.1, 0.15) is 11.4 Å². The van der Waals surface area contributed by atoms with Gasteiger partial charge >= 0.3 is 0 Å². The van der Waals surface area contributed by atoms with E-state index in [1.165, 1.54) is 12.1 Å². The molecule has 1 saturated heterocycles. The summed E-state index contributed by atoms with van der Waals surface area (Å²) in [6.07, 6.45) is 2.92. The molecule has 0 spiro atoms. The molecule has 2 unspecified atom stereocenters. The SMILES string of the molecule is CCCN1CCCC1C(=O)NCC(C)(O)c1ccc(F)cc1. The van der Waals surface area contributed by atoms with Crippen LogP contribution in [0.1, 0.15) is 38.7 Å². The van der Waals surface area contributed by atoms with Crippen molar-refractivity contribution in [2.45, 2.75) is 44.8 Å². The molecule has 2 rings (SSSR count). The molecule has 1 fully saturated rings. The second-order valence-corrected chi connectivity index (χ2v) is 6.19. The Labute approximate surface area is 131 Å². The average Bonchev–Trinajstić information content (AvgIpc) is 2.94. The van der Waals surface area contributed by atoms with Crippen LogP contribution >= 0.6 is 0 Å². The van der Waals surface area contributed by atoms with E-state index in [4.69, 9.17) is 0 Å². The summed E-state index contributed by atoms with van der Waals surface area (Å²) in [4.78, 5) is 14.5. The quantitative estimate of drug-likeness (QED) is 0.845. The van der Waals surface area contributed by atoms with Crippen LogP contribution in [0, 0.1) is 5.82 Å². The van der Waals surface area contributed by atoms with Crippen LogP contribution < -0.4 is 5.32 Å². The van der Waals surface area contributed by atoms with Gasteiger partial charge in [0.25, 0.3) is 0 Å². The van der Waals surface area contributed by atoms with Crippen molar-refractivity contribution >= 4 is 5.91 Å². The summed E-state index contributed by atoms with van der Waals surface area (Å²) in [5.41, 5.74) is -0.622. The van der Waals surface area contributed by atoms with Gasteiger partial charge in [0.15, 0.2) is 0 Å². The van der Waals surface area contributed by atoms with Gasteiger partial charge in [0.05, 0.1) is 12.6 Å². The van der Waals surface area contributed by atoms with Crippen LogP contribution in [0.3, 0.4) is 0 Å². The summed E-state index contributed by atoms with van der Waals surface area (Å²) in [7, 11) is 0. The highest BCUT2D eigenvalue weighted by atomic mass is 19.1. The second kappa shape index (κ2) is 7.20. The summed E-state index contributed by atoms with van der Waals surface area (Å²) >= 11 is 0. The number of hydrogen-bond donors (Lipinski definition) is 2. The van der Waals surface area contributed by atoms with Crippen molar-refractivity contribution in [2.24, 2.45) is 0 Å². The second-order valence-electron chi connectivity index (χ2n) is 6.19. The summed E-state index contributed by atoms with van der Waals surface area (Å²) in [5, 5.41) is 13.3. The Balaban J connectivity index is 1.93. The van der Waals surface area contributed by atoms with Crippen LogP contribution in [0.5, 0.6) is 0 Å². The number of nitrogens with zero attached hydrogens (tertiary/aromatic N) is 1. The van der Waals surface area contributed by atoms with E-state index < -0.39 is 5.60 Å². The Morgan fingerprint density at radius 1 is 1.45 bits per heavy atom. The minimum atomic E-state index is -1.21. The summed E-state index contributed by atoms with van der Waals surface area (Å²) in [5.74, 6) is -0.377. The van der Waals surface area contributed by atoms with E-state index >= 15 is 0 Å². The topological polar surface area (TPSA) is 52.6 Å². The molecule has 0 bridgehead atoms. The molecule has 2 atom stereocenters. The molecule has 1 aliphatic rings. The molecule has 5 heteroatoms. The number of halogens is 1. The van der Waals surface area contributed by atoms with Crippen LogP contribution in [-0.2, 0) is 10.4 Å². The number of benzene rings is 1. The van der Waals surface area contributed by atoms with Gasteiger partial charge < -0.3 is 10.4 Å². The lowest BCUT2D eigenvalue weighted by Gasteiger charge is -2.27. The fourth-order valence-corrected chi connectivity index (χ4v) is 2.97. The van der Waals surface area contributed by atoms with E-state index in [2.05, 4.69) is 17.1 Å². The molecule has 1 heterocycles. The zero-order valence-corrected chi connectivity index (χ0v) is 13.3. The number of hydrogen-bond acceptors (Lipinski definition) is 3. The maximum Gasteiger partial charge on any atom is 0.237 e. The molecule has 0 aliphatic carbocycles. The van der Waals surface area contributed by atoms with Crippen LogP contribution in [0.25, 0.3) is 0 Å². The van der Waals surface area contributed by atoms with Gasteiger partial charge in [-0.25, -0.2) is 4.39 Å². The molecule has 122 valence electrons. The number of carbonyl (C=O) groups excluding carboxylic acids is 1. The number of nitrogens with one attached hydrogen (secondary N) is 1. The molecule has 1 amide bonds. The number of likely N-dealkylation sites (tertiary alicyclic amines) is 1. The normalized spacial score (nSPS) is 21.5. The Kier molecular flexibility index (Phi) is 5.53. The third-order valence-corrected chi connectivity index (χ3v) is 4.25. The van der Waals surface area contributed by atoms with Crippen LogP contribution in [0.2, 0.25) is 0 Å². The minimum Gasteiger partial charge on any atom is -0.384 e. The average molecular weight is 308 g/mol. The lowest BCUT2D eigenvalue weighted by Crippen LogP contribution is -2.47. The van der Waals surface area contributed by atoms with Crippen molar-refractivity contribution in [2.75, 3.05) is 19.6 Å². The molecule has 1 aromatic carbocycles. The molecular formula is C17H25FN2O2. The molecule has 0 radical (unpaired) electrons. The summed E-state index contributed by atoms with van der Waals surface area (Å²) in [6.45, 7) is 5.73. The monoisotopic (exact) mass is 308 g/mol. The lowest BCUT2D eigenvalue weighted by atomic mass is 9.96. The lowest BCUT2D eigenvalue weighted by molar-refractivity contribution is -0.126. The smallest absolute Gasteiger partial charge is 0.237 e. The van der Waals surface area contributed by atoms with Crippen molar-refractivity contribution in [3.63, 3.8) is 0 Å². The largest absolute Gasteiger partial charge is 0.384 e. The first kappa shape index (κ1) is 16.9. The van der Waals surface area contributed by atoms with Crippen molar-refractivity contribution in [1.29, 1.82) is 0 Å². The molecule has 0 aromatic heterocycles. The Bertz CT molecular complexity index is 502. The Morgan fingerprint density at radius 2 is 2.14 bits per heavy atom. The first-order chi connectivity index (χ1) is 10.4. The third kappa shape index (κ3) is 4.05. The van der Waals surface area contributed by atoms with Crippen molar-refractivity contribution in [3.05, 3.63) is 35.6 Å². The van der Waals surface area contributed by atoms with Gasteiger partial charge in [-0.05, 0) is 57.0 Å². The predicted molar refractivity (Wildman–Crippen MR) is 83.9 cm³/mol. The van der Waals surface area contributed by atoms with E-state index in [1.807, 2.05) is 0 Å². The van der Waals surface area contributed by atoms with Crippen LogP contribution in [-0.4, -0.2) is 41.6 Å². The standard InChI is InChI=1S/C17H25FN2O2/c1-3-10-20-11-4-5-15(20)16(21)19-12-17(2,22)13-6-8-14(18)9-7-13/h6-9,15,22H,3-5,10-12H2,1-2H3,(H,19,21). The van der Waals surface area contributed by atoms with Crippen LogP contribution in [0.4, 0.5) is 4.39 Å². The molecule has 2 N–H and O–H groups in total. The van der Waals surface area contributed by atoms with Crippen molar-refractivity contribution in [1.82, 2.24) is 10.2 Å². The first-order valence-corrected chi connectivity index (χ1v) is 7.94. The molecule has 0 saturated carbocycles. The highest BCUT2D eigenvalue weighted by Gasteiger charge is 2.31. The van der Waals surface area contributed by atoms with E-state index in [0.717, 1.165) is 32.4 Å². The molecule has 4 nitrogen and oxygen atoms in total. The van der Waals surface area contributed by atoms with Gasteiger partial charge in [0.2, 0.25) is 5.91 Å². The predicted octanol–water partition coefficient (Wildman–Crippen LogP) is 2.02. The highest BCUT2D eigenvalue weighted by Crippen LogP contribution is 2.21. The van der Waals surface area contributed by atoms with E-state index in [9.17, 15) is 14.3 Å². The number of aliphatic hydroxyl groups is 1. The molecule has 1 aromatic rings. The van der Waals surface area contributed by atoms with Gasteiger partial charge in [-0.15, -0.1) is 0 Å². The van der Waals surface area contributed by atoms with Crippen LogP contribution in [0.15, 0.2) is 24.3 Å². The molecule has 1 aliphatic heterocycles. The summed E-state index contributed by atoms with van der Waals surface area (Å²) < 4.78 is 13.0. The highest BCUT2D eigenvalue weighted by molar-refractivity contribution is 5.82. The number of amides is 1. The zero-order valence-electron chi connectivity index (χ0n) is 13.3. The fourth-order valence-electron chi connectivity index (χ4n) is 2.97. The Hall–Kier alpha value is -1.46. The molecule has 22 heavy (non-hydrogen) atoms. The van der Waals surface area contributed by atoms with E-state index in [0.29, 0.717) is 5.56 Å². The van der Waals surface area contributed by atoms with Crippen molar-refractivity contribution in [3.8, 4) is 0 Å². The van der Waals surface area contributed by atoms with Gasteiger partial charge in [-0.3, -0.25) is 9.69 Å². The van der Waals surface area contributed by atoms with Gasteiger partial charge in [0, 0.05) is 0 Å². The van der Waals surface area contributed by atoms with Gasteiger partial charge in [-0.1, -0.05) is 19.1 Å². The number of carbonyl (C=O) groups is 1. The molecular weight excluding hydrogens is 283 g/mol. The zero-order chi connectivity index (χ0) is 16.2. The van der Waals surface area contributed by atoms with E-state index in [-0.39, 0.29) is 24.3 Å². The first-order valence-electron chi connectivity index (χ1n) is 7.94.